The van der Waals surface area contributed by atoms with E-state index < -0.39 is 0 Å². The second kappa shape index (κ2) is 10.5. The van der Waals surface area contributed by atoms with E-state index >= 15 is 0 Å². The molecule has 6 aromatic rings. The summed E-state index contributed by atoms with van der Waals surface area (Å²) in [7, 11) is 0. The topological polar surface area (TPSA) is 25.8 Å². The zero-order valence-corrected chi connectivity index (χ0v) is 23.8. The highest BCUT2D eigenvalue weighted by molar-refractivity contribution is 6.31. The Balaban J connectivity index is 1.82. The van der Waals surface area contributed by atoms with E-state index in [-0.39, 0.29) is 17.7 Å². The summed E-state index contributed by atoms with van der Waals surface area (Å²) >= 11 is 6.57. The number of pyridine rings is 2. The molecule has 0 atom stereocenters. The fourth-order valence-corrected chi connectivity index (χ4v) is 5.69. The first-order valence-electron chi connectivity index (χ1n) is 13.7. The Morgan fingerprint density at radius 3 is 2.08 bits per heavy atom. The number of hydrogen-bond donors (Lipinski definition) is 0. The van der Waals surface area contributed by atoms with Gasteiger partial charge < -0.3 is 0 Å². The molecule has 0 saturated carbocycles. The van der Waals surface area contributed by atoms with E-state index in [2.05, 4.69) is 76.2 Å². The lowest BCUT2D eigenvalue weighted by Crippen LogP contribution is -2.03. The van der Waals surface area contributed by atoms with Crippen molar-refractivity contribution in [2.24, 2.45) is 0 Å². The van der Waals surface area contributed by atoms with Crippen LogP contribution in [0.3, 0.4) is 0 Å². The first-order chi connectivity index (χ1) is 19.3. The lowest BCUT2D eigenvalue weighted by molar-refractivity contribution is 0.628. The van der Waals surface area contributed by atoms with Crippen molar-refractivity contribution < 1.29 is 4.39 Å². The Bertz CT molecular complexity index is 1860. The van der Waals surface area contributed by atoms with Crippen LogP contribution < -0.4 is 0 Å². The van der Waals surface area contributed by atoms with Crippen molar-refractivity contribution in [3.8, 4) is 33.4 Å². The molecule has 2 heterocycles. The third kappa shape index (κ3) is 4.65. The van der Waals surface area contributed by atoms with E-state index in [9.17, 15) is 4.39 Å². The SMILES string of the molecule is CC(C)c1cc(-c2ccc(F)cc2)c2c(-c3c(C(C)C)nc4ccc(Cl)cc4c3-c3ccccc3)cccc2n1. The molecule has 6 rings (SSSR count). The lowest BCUT2D eigenvalue weighted by atomic mass is 9.84. The van der Waals surface area contributed by atoms with Crippen LogP contribution in [0.5, 0.6) is 0 Å². The van der Waals surface area contributed by atoms with Crippen LogP contribution in [-0.2, 0) is 0 Å². The molecule has 0 amide bonds. The summed E-state index contributed by atoms with van der Waals surface area (Å²) in [6.45, 7) is 8.66. The Hall–Kier alpha value is -4.08. The minimum atomic E-state index is -0.254. The van der Waals surface area contributed by atoms with Crippen molar-refractivity contribution in [1.29, 1.82) is 0 Å². The Kier molecular flexibility index (Phi) is 6.85. The molecule has 0 aliphatic rings. The third-order valence-corrected chi connectivity index (χ3v) is 7.69. The van der Waals surface area contributed by atoms with Crippen molar-refractivity contribution in [2.45, 2.75) is 39.5 Å². The normalized spacial score (nSPS) is 11.7. The highest BCUT2D eigenvalue weighted by Gasteiger charge is 2.24. The van der Waals surface area contributed by atoms with E-state index in [4.69, 9.17) is 21.6 Å². The van der Waals surface area contributed by atoms with Gasteiger partial charge in [-0.15, -0.1) is 0 Å². The predicted octanol–water partition coefficient (Wildman–Crippen LogP) is 10.8. The molecule has 0 spiro atoms. The van der Waals surface area contributed by atoms with Crippen LogP contribution in [0, 0.1) is 5.82 Å². The number of hydrogen-bond acceptors (Lipinski definition) is 2. The fourth-order valence-electron chi connectivity index (χ4n) is 5.52. The van der Waals surface area contributed by atoms with Crippen LogP contribution in [0.15, 0.2) is 97.1 Å². The molecule has 0 unspecified atom stereocenters. The monoisotopic (exact) mass is 544 g/mol. The number of nitrogens with zero attached hydrogens (tertiary/aromatic N) is 2. The van der Waals surface area contributed by atoms with Crippen LogP contribution in [0.25, 0.3) is 55.2 Å². The van der Waals surface area contributed by atoms with E-state index in [1.165, 1.54) is 12.1 Å². The molecule has 198 valence electrons. The van der Waals surface area contributed by atoms with Crippen molar-refractivity contribution in [3.05, 3.63) is 119 Å². The van der Waals surface area contributed by atoms with E-state index in [1.807, 2.05) is 36.4 Å². The first kappa shape index (κ1) is 26.2. The van der Waals surface area contributed by atoms with Gasteiger partial charge in [0.2, 0.25) is 0 Å². The average Bonchev–Trinajstić information content (AvgIpc) is 2.96. The van der Waals surface area contributed by atoms with Crippen LogP contribution in [0.2, 0.25) is 5.02 Å². The van der Waals surface area contributed by atoms with Gasteiger partial charge >= 0.3 is 0 Å². The molecular weight excluding hydrogens is 515 g/mol. The largest absolute Gasteiger partial charge is 0.253 e. The molecule has 0 aliphatic carbocycles. The molecule has 40 heavy (non-hydrogen) atoms. The number of fused-ring (bicyclic) bond motifs is 2. The fraction of sp³-hybridized carbons (Fsp3) is 0.167. The van der Waals surface area contributed by atoms with Gasteiger partial charge in [0, 0.05) is 32.6 Å². The summed E-state index contributed by atoms with van der Waals surface area (Å²) in [5.41, 5.74) is 10.1. The Morgan fingerprint density at radius 2 is 1.38 bits per heavy atom. The molecule has 4 heteroatoms. The lowest BCUT2D eigenvalue weighted by Gasteiger charge is -2.22. The number of halogens is 2. The predicted molar refractivity (Wildman–Crippen MR) is 166 cm³/mol. The van der Waals surface area contributed by atoms with Crippen LogP contribution in [-0.4, -0.2) is 9.97 Å². The second-order valence-corrected chi connectivity index (χ2v) is 11.3. The van der Waals surface area contributed by atoms with Crippen molar-refractivity contribution >= 4 is 33.4 Å². The number of rotatable bonds is 5. The molecule has 4 aromatic carbocycles. The summed E-state index contributed by atoms with van der Waals surface area (Å²) < 4.78 is 14.0. The maximum atomic E-state index is 14.0. The van der Waals surface area contributed by atoms with Crippen LogP contribution in [0.4, 0.5) is 4.39 Å². The van der Waals surface area contributed by atoms with Crippen molar-refractivity contribution in [1.82, 2.24) is 9.97 Å². The molecule has 0 radical (unpaired) electrons. The molecule has 0 aliphatic heterocycles. The smallest absolute Gasteiger partial charge is 0.123 e. The molecule has 0 N–H and O–H groups in total. The zero-order valence-electron chi connectivity index (χ0n) is 23.0. The van der Waals surface area contributed by atoms with Gasteiger partial charge in [-0.1, -0.05) is 93.9 Å². The van der Waals surface area contributed by atoms with Crippen molar-refractivity contribution in [2.75, 3.05) is 0 Å². The first-order valence-corrected chi connectivity index (χ1v) is 14.1. The highest BCUT2D eigenvalue weighted by Crippen LogP contribution is 2.46. The summed E-state index contributed by atoms with van der Waals surface area (Å²) in [6.07, 6.45) is 0. The average molecular weight is 545 g/mol. The van der Waals surface area contributed by atoms with E-state index in [1.54, 1.807) is 0 Å². The van der Waals surface area contributed by atoms with Gasteiger partial charge in [-0.2, -0.15) is 0 Å². The molecule has 0 fully saturated rings. The molecule has 2 aromatic heterocycles. The number of benzene rings is 4. The molecule has 0 bridgehead atoms. The van der Waals surface area contributed by atoms with Crippen molar-refractivity contribution in [3.63, 3.8) is 0 Å². The van der Waals surface area contributed by atoms with E-state index in [0.717, 1.165) is 66.6 Å². The summed E-state index contributed by atoms with van der Waals surface area (Å²) in [5, 5.41) is 2.70. The summed E-state index contributed by atoms with van der Waals surface area (Å²) in [6, 6.07) is 31.6. The third-order valence-electron chi connectivity index (χ3n) is 7.45. The minimum absolute atomic E-state index is 0.157. The zero-order chi connectivity index (χ0) is 28.0. The molecule has 2 nitrogen and oxygen atoms in total. The van der Waals surface area contributed by atoms with Gasteiger partial charge in [0.05, 0.1) is 16.7 Å². The second-order valence-electron chi connectivity index (χ2n) is 10.9. The summed E-state index contributed by atoms with van der Waals surface area (Å²) in [4.78, 5) is 10.3. The van der Waals surface area contributed by atoms with E-state index in [0.29, 0.717) is 5.02 Å². The summed E-state index contributed by atoms with van der Waals surface area (Å²) in [5.74, 6) is 0.142. The maximum absolute atomic E-state index is 14.0. The number of aromatic nitrogens is 2. The molecular formula is C36H30ClFN2. The quantitative estimate of drug-likeness (QED) is 0.216. The van der Waals surface area contributed by atoms with Gasteiger partial charge in [0.25, 0.3) is 0 Å². The Labute approximate surface area is 239 Å². The van der Waals surface area contributed by atoms with Gasteiger partial charge in [0.15, 0.2) is 0 Å². The van der Waals surface area contributed by atoms with Gasteiger partial charge in [-0.05, 0) is 76.6 Å². The standard InChI is InChI=1S/C36H30ClFN2/c1-21(2)32-20-28(23-13-16-26(38)17-14-23)34-27(11-8-12-31(34)39-32)35-33(24-9-6-5-7-10-24)29-19-25(37)15-18-30(29)40-36(35)22(3)4/h5-22H,1-4H3. The Morgan fingerprint density at radius 1 is 0.625 bits per heavy atom. The van der Waals surface area contributed by atoms with Gasteiger partial charge in [0.1, 0.15) is 5.82 Å². The van der Waals surface area contributed by atoms with Crippen LogP contribution >= 0.6 is 11.6 Å². The molecule has 0 saturated heterocycles. The highest BCUT2D eigenvalue weighted by atomic mass is 35.5. The maximum Gasteiger partial charge on any atom is 0.123 e. The van der Waals surface area contributed by atoms with Gasteiger partial charge in [-0.25, -0.2) is 4.39 Å². The minimum Gasteiger partial charge on any atom is -0.253 e. The van der Waals surface area contributed by atoms with Crippen LogP contribution in [0.1, 0.15) is 50.9 Å². The van der Waals surface area contributed by atoms with Gasteiger partial charge in [-0.3, -0.25) is 9.97 Å².